The highest BCUT2D eigenvalue weighted by molar-refractivity contribution is 7.89. The number of sulfonamides is 1. The van der Waals surface area contributed by atoms with E-state index in [1.807, 2.05) is 0 Å². The highest BCUT2D eigenvalue weighted by Crippen LogP contribution is 2.24. The first-order chi connectivity index (χ1) is 8.12. The molecule has 8 heteroatoms. The van der Waals surface area contributed by atoms with Crippen molar-refractivity contribution in [3.8, 4) is 0 Å². The van der Waals surface area contributed by atoms with Gasteiger partial charge in [0.05, 0.1) is 5.75 Å². The Bertz CT molecular complexity index is 370. The van der Waals surface area contributed by atoms with Crippen molar-refractivity contribution >= 4 is 10.0 Å². The van der Waals surface area contributed by atoms with Crippen molar-refractivity contribution in [3.05, 3.63) is 0 Å². The van der Waals surface area contributed by atoms with E-state index < -0.39 is 28.4 Å². The Kier molecular flexibility index (Phi) is 5.02. The summed E-state index contributed by atoms with van der Waals surface area (Å²) in [7, 11) is -3.60. The van der Waals surface area contributed by atoms with Gasteiger partial charge in [0, 0.05) is 25.0 Å². The minimum Gasteiger partial charge on any atom is -0.328 e. The van der Waals surface area contributed by atoms with Gasteiger partial charge in [-0.2, -0.15) is 17.5 Å². The molecule has 0 aromatic heterocycles. The van der Waals surface area contributed by atoms with Crippen molar-refractivity contribution in [2.75, 3.05) is 12.3 Å². The summed E-state index contributed by atoms with van der Waals surface area (Å²) in [6.45, 7) is 2.04. The molecular formula is C10H19F3N2O2S. The van der Waals surface area contributed by atoms with E-state index in [1.54, 1.807) is 6.92 Å². The fourth-order valence-corrected chi connectivity index (χ4v) is 3.93. The predicted octanol–water partition coefficient (Wildman–Crippen LogP) is 1.47. The van der Waals surface area contributed by atoms with Crippen molar-refractivity contribution in [3.63, 3.8) is 0 Å². The van der Waals surface area contributed by atoms with E-state index in [1.165, 1.54) is 4.31 Å². The fraction of sp³-hybridized carbons (Fsp3) is 1.00. The molecule has 0 bridgehead atoms. The lowest BCUT2D eigenvalue weighted by molar-refractivity contribution is -0.134. The molecule has 0 aromatic carbocycles. The number of rotatable bonds is 4. The molecule has 0 amide bonds. The number of hydrogen-bond donors (Lipinski definition) is 1. The van der Waals surface area contributed by atoms with Gasteiger partial charge in [-0.1, -0.05) is 0 Å². The Morgan fingerprint density at radius 2 is 2.00 bits per heavy atom. The SMILES string of the molecule is CC1CC(N)CCN1S(=O)(=O)CCCC(F)(F)F. The Morgan fingerprint density at radius 3 is 2.50 bits per heavy atom. The number of nitrogens with zero attached hydrogens (tertiary/aromatic N) is 1. The van der Waals surface area contributed by atoms with Gasteiger partial charge in [-0.15, -0.1) is 0 Å². The van der Waals surface area contributed by atoms with Crippen molar-refractivity contribution in [2.45, 2.75) is 50.9 Å². The van der Waals surface area contributed by atoms with Crippen LogP contribution in [0.5, 0.6) is 0 Å². The van der Waals surface area contributed by atoms with Crippen molar-refractivity contribution in [2.24, 2.45) is 5.73 Å². The molecule has 18 heavy (non-hydrogen) atoms. The highest BCUT2D eigenvalue weighted by Gasteiger charge is 2.33. The van der Waals surface area contributed by atoms with Crippen LogP contribution in [-0.4, -0.2) is 43.3 Å². The number of hydrogen-bond acceptors (Lipinski definition) is 3. The first kappa shape index (κ1) is 15.7. The molecule has 2 atom stereocenters. The van der Waals surface area contributed by atoms with Gasteiger partial charge >= 0.3 is 6.18 Å². The van der Waals surface area contributed by atoms with Crippen molar-refractivity contribution < 1.29 is 21.6 Å². The zero-order chi connectivity index (χ0) is 14.0. The van der Waals surface area contributed by atoms with Gasteiger partial charge in [0.1, 0.15) is 0 Å². The molecule has 0 aliphatic carbocycles. The van der Waals surface area contributed by atoms with Crippen molar-refractivity contribution in [1.29, 1.82) is 0 Å². The number of piperidine rings is 1. The van der Waals surface area contributed by atoms with E-state index in [0.29, 0.717) is 19.4 Å². The summed E-state index contributed by atoms with van der Waals surface area (Å²) in [5.41, 5.74) is 5.72. The van der Waals surface area contributed by atoms with Crippen LogP contribution in [0.2, 0.25) is 0 Å². The van der Waals surface area contributed by atoms with Crippen molar-refractivity contribution in [1.82, 2.24) is 4.31 Å². The molecule has 0 saturated carbocycles. The summed E-state index contributed by atoms with van der Waals surface area (Å²) in [6, 6.07) is -0.258. The molecule has 1 saturated heterocycles. The maximum Gasteiger partial charge on any atom is 0.389 e. The lowest BCUT2D eigenvalue weighted by Crippen LogP contribution is -2.49. The molecule has 0 spiro atoms. The maximum atomic E-state index is 12.0. The molecule has 2 N–H and O–H groups in total. The lowest BCUT2D eigenvalue weighted by atomic mass is 10.0. The average molecular weight is 288 g/mol. The van der Waals surface area contributed by atoms with E-state index >= 15 is 0 Å². The van der Waals surface area contributed by atoms with E-state index in [0.717, 1.165) is 0 Å². The van der Waals surface area contributed by atoms with E-state index in [9.17, 15) is 21.6 Å². The smallest absolute Gasteiger partial charge is 0.328 e. The molecule has 4 nitrogen and oxygen atoms in total. The van der Waals surface area contributed by atoms with Crippen LogP contribution in [0, 0.1) is 0 Å². The largest absolute Gasteiger partial charge is 0.389 e. The summed E-state index contributed by atoms with van der Waals surface area (Å²) in [5.74, 6) is -0.452. The van der Waals surface area contributed by atoms with E-state index in [4.69, 9.17) is 5.73 Å². The number of alkyl halides is 3. The zero-order valence-corrected chi connectivity index (χ0v) is 11.1. The van der Waals surface area contributed by atoms with Crippen LogP contribution in [0.4, 0.5) is 13.2 Å². The summed E-state index contributed by atoms with van der Waals surface area (Å²) in [4.78, 5) is 0. The van der Waals surface area contributed by atoms with Crippen LogP contribution < -0.4 is 5.73 Å². The van der Waals surface area contributed by atoms with Crippen LogP contribution in [0.1, 0.15) is 32.6 Å². The molecule has 1 heterocycles. The van der Waals surface area contributed by atoms with Gasteiger partial charge in [0.2, 0.25) is 10.0 Å². The molecule has 0 aromatic rings. The Hall–Kier alpha value is -0.340. The Balaban J connectivity index is 2.53. The quantitative estimate of drug-likeness (QED) is 0.852. The second-order valence-electron chi connectivity index (χ2n) is 4.78. The van der Waals surface area contributed by atoms with Crippen LogP contribution in [-0.2, 0) is 10.0 Å². The Labute approximate surface area is 105 Å². The summed E-state index contributed by atoms with van der Waals surface area (Å²) >= 11 is 0. The third kappa shape index (κ3) is 4.74. The molecule has 1 aliphatic rings. The van der Waals surface area contributed by atoms with Gasteiger partial charge < -0.3 is 5.73 Å². The minimum absolute atomic E-state index is 0.0263. The Morgan fingerprint density at radius 1 is 1.39 bits per heavy atom. The molecule has 2 unspecified atom stereocenters. The minimum atomic E-state index is -4.30. The summed E-state index contributed by atoms with van der Waals surface area (Å²) in [5, 5.41) is 0. The topological polar surface area (TPSA) is 63.4 Å². The predicted molar refractivity (Wildman–Crippen MR) is 62.5 cm³/mol. The summed E-state index contributed by atoms with van der Waals surface area (Å²) < 4.78 is 61.0. The van der Waals surface area contributed by atoms with Crippen LogP contribution in [0.15, 0.2) is 0 Å². The first-order valence-electron chi connectivity index (χ1n) is 5.93. The zero-order valence-electron chi connectivity index (χ0n) is 10.3. The van der Waals surface area contributed by atoms with Gasteiger partial charge in [-0.25, -0.2) is 8.42 Å². The molecule has 0 radical (unpaired) electrons. The van der Waals surface area contributed by atoms with Crippen LogP contribution in [0.25, 0.3) is 0 Å². The van der Waals surface area contributed by atoms with Crippen LogP contribution in [0.3, 0.4) is 0 Å². The molecule has 1 rings (SSSR count). The molecule has 1 fully saturated rings. The van der Waals surface area contributed by atoms with E-state index in [2.05, 4.69) is 0 Å². The second-order valence-corrected chi connectivity index (χ2v) is 6.82. The fourth-order valence-electron chi connectivity index (χ4n) is 2.17. The highest BCUT2D eigenvalue weighted by atomic mass is 32.2. The molecule has 1 aliphatic heterocycles. The van der Waals surface area contributed by atoms with Gasteiger partial charge in [-0.3, -0.25) is 0 Å². The third-order valence-electron chi connectivity index (χ3n) is 3.08. The lowest BCUT2D eigenvalue weighted by Gasteiger charge is -2.35. The number of nitrogens with two attached hydrogens (primary N) is 1. The molecule has 108 valence electrons. The number of halogens is 3. The van der Waals surface area contributed by atoms with Gasteiger partial charge in [0.25, 0.3) is 0 Å². The maximum absolute atomic E-state index is 12.0. The second kappa shape index (κ2) is 5.75. The standard InChI is InChI=1S/C10H19F3N2O2S/c1-8-7-9(14)3-5-15(8)18(16,17)6-2-4-10(11,12)13/h8-9H,2-7,14H2,1H3. The average Bonchev–Trinajstić information content (AvgIpc) is 2.13. The van der Waals surface area contributed by atoms with Gasteiger partial charge in [-0.05, 0) is 26.2 Å². The molecular weight excluding hydrogens is 269 g/mol. The third-order valence-corrected chi connectivity index (χ3v) is 5.14. The van der Waals surface area contributed by atoms with Crippen LogP contribution >= 0.6 is 0 Å². The monoisotopic (exact) mass is 288 g/mol. The van der Waals surface area contributed by atoms with E-state index in [-0.39, 0.29) is 18.5 Å². The first-order valence-corrected chi connectivity index (χ1v) is 7.54. The summed E-state index contributed by atoms with van der Waals surface area (Å²) in [6.07, 6.45) is -4.64. The van der Waals surface area contributed by atoms with Gasteiger partial charge in [0.15, 0.2) is 0 Å². The normalized spacial score (nSPS) is 27.4.